The summed E-state index contributed by atoms with van der Waals surface area (Å²) in [5.74, 6) is -1.22. The van der Waals surface area contributed by atoms with Crippen LogP contribution in [0.2, 0.25) is 0 Å². The minimum Gasteiger partial charge on any atom is -0.480 e. The number of carbonyl (C=O) groups is 2. The zero-order chi connectivity index (χ0) is 9.84. The van der Waals surface area contributed by atoms with Crippen molar-refractivity contribution in [1.29, 1.82) is 0 Å². The number of amides is 1. The molecule has 1 saturated heterocycles. The molecule has 13 heavy (non-hydrogen) atoms. The molecule has 2 unspecified atom stereocenters. The summed E-state index contributed by atoms with van der Waals surface area (Å²) in [5, 5.41) is 14.0. The first-order chi connectivity index (χ1) is 6.11. The zero-order valence-corrected chi connectivity index (χ0v) is 7.54. The van der Waals surface area contributed by atoms with Crippen molar-refractivity contribution in [3.63, 3.8) is 0 Å². The van der Waals surface area contributed by atoms with Crippen molar-refractivity contribution in [1.82, 2.24) is 10.6 Å². The van der Waals surface area contributed by atoms with Gasteiger partial charge in [0.1, 0.15) is 6.04 Å². The fourth-order valence-electron chi connectivity index (χ4n) is 1.28. The van der Waals surface area contributed by atoms with Gasteiger partial charge in [0.15, 0.2) is 0 Å². The van der Waals surface area contributed by atoms with E-state index in [2.05, 4.69) is 10.6 Å². The Hall–Kier alpha value is -1.10. The molecule has 74 valence electrons. The molecule has 0 bridgehead atoms. The van der Waals surface area contributed by atoms with E-state index in [0.717, 1.165) is 19.4 Å². The highest BCUT2D eigenvalue weighted by Gasteiger charge is 2.24. The quantitative estimate of drug-likeness (QED) is 0.546. The normalized spacial score (nSPS) is 23.9. The molecule has 0 aliphatic carbocycles. The number of rotatable bonds is 3. The van der Waals surface area contributed by atoms with E-state index in [1.165, 1.54) is 6.92 Å². The number of hydrogen-bond acceptors (Lipinski definition) is 3. The van der Waals surface area contributed by atoms with E-state index in [1.807, 2.05) is 0 Å². The Kier molecular flexibility index (Phi) is 3.25. The average Bonchev–Trinajstić information content (AvgIpc) is 2.55. The zero-order valence-electron chi connectivity index (χ0n) is 7.54. The second-order valence-electron chi connectivity index (χ2n) is 3.22. The number of hydrogen-bond donors (Lipinski definition) is 3. The molecule has 1 aliphatic heterocycles. The average molecular weight is 186 g/mol. The predicted molar refractivity (Wildman–Crippen MR) is 46.3 cm³/mol. The molecule has 0 saturated carbocycles. The number of carboxylic acid groups (broad SMARTS) is 1. The lowest BCUT2D eigenvalue weighted by molar-refractivity contribution is -0.141. The number of nitrogens with one attached hydrogen (secondary N) is 2. The van der Waals surface area contributed by atoms with E-state index in [9.17, 15) is 9.59 Å². The first kappa shape index (κ1) is 9.98. The van der Waals surface area contributed by atoms with E-state index < -0.39 is 12.0 Å². The fourth-order valence-corrected chi connectivity index (χ4v) is 1.28. The van der Waals surface area contributed by atoms with Gasteiger partial charge in [-0.2, -0.15) is 0 Å². The Morgan fingerprint density at radius 2 is 2.31 bits per heavy atom. The third-order valence-corrected chi connectivity index (χ3v) is 2.11. The van der Waals surface area contributed by atoms with E-state index in [0.29, 0.717) is 0 Å². The van der Waals surface area contributed by atoms with Crippen LogP contribution < -0.4 is 10.6 Å². The smallest absolute Gasteiger partial charge is 0.325 e. The van der Waals surface area contributed by atoms with Gasteiger partial charge in [0.2, 0.25) is 5.91 Å². The SMILES string of the molecule is CC(NC(=O)C1CCCN1)C(=O)O. The summed E-state index contributed by atoms with van der Waals surface area (Å²) >= 11 is 0. The topological polar surface area (TPSA) is 78.4 Å². The molecule has 5 nitrogen and oxygen atoms in total. The highest BCUT2D eigenvalue weighted by Crippen LogP contribution is 2.04. The Balaban J connectivity index is 2.35. The molecular weight excluding hydrogens is 172 g/mol. The van der Waals surface area contributed by atoms with Crippen LogP contribution in [-0.4, -0.2) is 35.6 Å². The molecule has 1 aliphatic rings. The summed E-state index contributed by atoms with van der Waals surface area (Å²) in [7, 11) is 0. The van der Waals surface area contributed by atoms with Gasteiger partial charge in [-0.25, -0.2) is 0 Å². The van der Waals surface area contributed by atoms with Crippen LogP contribution >= 0.6 is 0 Å². The Labute approximate surface area is 76.5 Å². The maximum atomic E-state index is 11.3. The first-order valence-electron chi connectivity index (χ1n) is 4.38. The lowest BCUT2D eigenvalue weighted by Gasteiger charge is -2.13. The molecule has 2 atom stereocenters. The second kappa shape index (κ2) is 4.23. The third-order valence-electron chi connectivity index (χ3n) is 2.11. The van der Waals surface area contributed by atoms with E-state index >= 15 is 0 Å². The van der Waals surface area contributed by atoms with Crippen LogP contribution in [0.25, 0.3) is 0 Å². The largest absolute Gasteiger partial charge is 0.480 e. The van der Waals surface area contributed by atoms with Crippen LogP contribution in [0, 0.1) is 0 Å². The Bertz CT molecular complexity index is 211. The maximum absolute atomic E-state index is 11.3. The summed E-state index contributed by atoms with van der Waals surface area (Å²) in [4.78, 5) is 21.7. The van der Waals surface area contributed by atoms with Crippen LogP contribution in [0.15, 0.2) is 0 Å². The van der Waals surface area contributed by atoms with E-state index in [-0.39, 0.29) is 11.9 Å². The molecule has 1 fully saturated rings. The molecule has 0 spiro atoms. The molecule has 0 radical (unpaired) electrons. The van der Waals surface area contributed by atoms with Crippen LogP contribution in [0.3, 0.4) is 0 Å². The van der Waals surface area contributed by atoms with Gasteiger partial charge in [0.25, 0.3) is 0 Å². The standard InChI is InChI=1S/C8H14N2O3/c1-5(8(12)13)10-7(11)6-3-2-4-9-6/h5-6,9H,2-4H2,1H3,(H,10,11)(H,12,13). The van der Waals surface area contributed by atoms with E-state index in [1.54, 1.807) is 0 Å². The molecule has 1 amide bonds. The first-order valence-corrected chi connectivity index (χ1v) is 4.38. The summed E-state index contributed by atoms with van der Waals surface area (Å²) in [6, 6.07) is -1.02. The van der Waals surface area contributed by atoms with Gasteiger partial charge in [-0.1, -0.05) is 0 Å². The van der Waals surface area contributed by atoms with Crippen molar-refractivity contribution >= 4 is 11.9 Å². The van der Waals surface area contributed by atoms with Crippen LogP contribution in [0.5, 0.6) is 0 Å². The molecule has 1 rings (SSSR count). The van der Waals surface area contributed by atoms with Gasteiger partial charge in [-0.3, -0.25) is 9.59 Å². The Morgan fingerprint density at radius 1 is 1.62 bits per heavy atom. The molecule has 3 N–H and O–H groups in total. The van der Waals surface area contributed by atoms with Gasteiger partial charge in [0.05, 0.1) is 6.04 Å². The molecule has 1 heterocycles. The molecule has 0 aromatic rings. The van der Waals surface area contributed by atoms with Crippen LogP contribution in [0.4, 0.5) is 0 Å². The van der Waals surface area contributed by atoms with Crippen LogP contribution in [0.1, 0.15) is 19.8 Å². The van der Waals surface area contributed by atoms with Gasteiger partial charge in [-0.05, 0) is 26.3 Å². The van der Waals surface area contributed by atoms with Gasteiger partial charge in [-0.15, -0.1) is 0 Å². The number of carboxylic acids is 1. The highest BCUT2D eigenvalue weighted by molar-refractivity contribution is 5.86. The second-order valence-corrected chi connectivity index (χ2v) is 3.22. The minimum atomic E-state index is -1.01. The highest BCUT2D eigenvalue weighted by atomic mass is 16.4. The Morgan fingerprint density at radius 3 is 2.77 bits per heavy atom. The van der Waals surface area contributed by atoms with Gasteiger partial charge >= 0.3 is 5.97 Å². The predicted octanol–water partition coefficient (Wildman–Crippen LogP) is -0.672. The lowest BCUT2D eigenvalue weighted by Crippen LogP contribution is -2.46. The van der Waals surface area contributed by atoms with Gasteiger partial charge < -0.3 is 15.7 Å². The lowest BCUT2D eigenvalue weighted by atomic mass is 10.2. The molecule has 5 heteroatoms. The van der Waals surface area contributed by atoms with Crippen molar-refractivity contribution in [3.05, 3.63) is 0 Å². The molecule has 0 aromatic heterocycles. The van der Waals surface area contributed by atoms with Crippen molar-refractivity contribution in [2.75, 3.05) is 6.54 Å². The third kappa shape index (κ3) is 2.69. The van der Waals surface area contributed by atoms with Gasteiger partial charge in [0, 0.05) is 0 Å². The fraction of sp³-hybridized carbons (Fsp3) is 0.750. The summed E-state index contributed by atoms with van der Waals surface area (Å²) in [6.07, 6.45) is 1.76. The molecule has 0 aromatic carbocycles. The van der Waals surface area contributed by atoms with Crippen LogP contribution in [-0.2, 0) is 9.59 Å². The maximum Gasteiger partial charge on any atom is 0.325 e. The van der Waals surface area contributed by atoms with Crippen molar-refractivity contribution in [3.8, 4) is 0 Å². The number of aliphatic carboxylic acids is 1. The van der Waals surface area contributed by atoms with E-state index in [4.69, 9.17) is 5.11 Å². The monoisotopic (exact) mass is 186 g/mol. The summed E-state index contributed by atoms with van der Waals surface area (Å²) in [5.41, 5.74) is 0. The van der Waals surface area contributed by atoms with Crippen molar-refractivity contribution in [2.24, 2.45) is 0 Å². The van der Waals surface area contributed by atoms with Crippen molar-refractivity contribution < 1.29 is 14.7 Å². The minimum absolute atomic E-state index is 0.207. The summed E-state index contributed by atoms with van der Waals surface area (Å²) < 4.78 is 0. The van der Waals surface area contributed by atoms with Crippen molar-refractivity contribution in [2.45, 2.75) is 31.8 Å². The summed E-state index contributed by atoms with van der Waals surface area (Å²) in [6.45, 7) is 2.29. The molecular formula is C8H14N2O3. The number of carbonyl (C=O) groups excluding carboxylic acids is 1.